The molecule has 8 nitrogen and oxygen atoms in total. The molecule has 23 heavy (non-hydrogen) atoms. The number of hydrogen-bond acceptors (Lipinski definition) is 6. The summed E-state index contributed by atoms with van der Waals surface area (Å²) in [6, 6.07) is 5.87. The van der Waals surface area contributed by atoms with Gasteiger partial charge in [0, 0.05) is 13.0 Å². The van der Waals surface area contributed by atoms with Gasteiger partial charge in [0.2, 0.25) is 15.9 Å². The Morgan fingerprint density at radius 2 is 2.00 bits per heavy atom. The molecule has 1 heterocycles. The fourth-order valence-electron chi connectivity index (χ4n) is 2.14. The maximum Gasteiger partial charge on any atom is 0.340 e. The summed E-state index contributed by atoms with van der Waals surface area (Å²) in [6.07, 6.45) is 1.86. The number of benzene rings is 1. The molecule has 1 aromatic carbocycles. The maximum absolute atomic E-state index is 12.0. The number of para-hydroxylation sites is 1. The Labute approximate surface area is 133 Å². The van der Waals surface area contributed by atoms with Crippen molar-refractivity contribution in [3.63, 3.8) is 0 Å². The molecule has 0 aliphatic carbocycles. The normalized spacial score (nSPS) is 14.7. The number of ether oxygens (including phenoxy) is 1. The van der Waals surface area contributed by atoms with Crippen LogP contribution in [0.3, 0.4) is 0 Å². The van der Waals surface area contributed by atoms with E-state index in [0.717, 1.165) is 11.2 Å². The Bertz CT molecular complexity index is 743. The molecule has 0 unspecified atom stereocenters. The topological polar surface area (TPSA) is 110 Å². The molecular weight excluding hydrogens is 324 g/mol. The highest BCUT2D eigenvalue weighted by Crippen LogP contribution is 2.17. The Kier molecular flexibility index (Phi) is 4.99. The lowest BCUT2D eigenvalue weighted by atomic mass is 10.2. The van der Waals surface area contributed by atoms with Gasteiger partial charge in [-0.25, -0.2) is 13.2 Å². The van der Waals surface area contributed by atoms with Crippen LogP contribution in [0.15, 0.2) is 24.3 Å². The Balaban J connectivity index is 2.04. The van der Waals surface area contributed by atoms with Crippen LogP contribution in [0.2, 0.25) is 0 Å². The number of rotatable bonds is 5. The summed E-state index contributed by atoms with van der Waals surface area (Å²) in [7, 11) is -3.56. The zero-order chi connectivity index (χ0) is 17.0. The number of nitrogens with one attached hydrogen (secondary N) is 1. The Morgan fingerprint density at radius 3 is 2.61 bits per heavy atom. The van der Waals surface area contributed by atoms with Gasteiger partial charge in [0.05, 0.1) is 17.5 Å². The van der Waals surface area contributed by atoms with Gasteiger partial charge in [-0.15, -0.1) is 0 Å². The van der Waals surface area contributed by atoms with Crippen LogP contribution in [-0.4, -0.2) is 50.5 Å². The predicted octanol–water partition coefficient (Wildman–Crippen LogP) is 0.364. The fraction of sp³-hybridized carbons (Fsp3) is 0.357. The van der Waals surface area contributed by atoms with E-state index in [9.17, 15) is 22.8 Å². The SMILES string of the molecule is CS(=O)(=O)Nc1ccccc1C(=O)OCC(=O)N1CCCC1=O. The van der Waals surface area contributed by atoms with Crippen LogP contribution in [0.5, 0.6) is 0 Å². The number of carbonyl (C=O) groups is 3. The van der Waals surface area contributed by atoms with E-state index in [1.54, 1.807) is 6.07 Å². The van der Waals surface area contributed by atoms with Crippen LogP contribution in [-0.2, 0) is 24.3 Å². The number of anilines is 1. The summed E-state index contributed by atoms with van der Waals surface area (Å²) < 4.78 is 29.7. The van der Waals surface area contributed by atoms with Gasteiger partial charge in [0.15, 0.2) is 6.61 Å². The van der Waals surface area contributed by atoms with E-state index in [2.05, 4.69) is 4.72 Å². The van der Waals surface area contributed by atoms with Crippen molar-refractivity contribution in [3.05, 3.63) is 29.8 Å². The van der Waals surface area contributed by atoms with Crippen LogP contribution in [0.25, 0.3) is 0 Å². The lowest BCUT2D eigenvalue weighted by Gasteiger charge is -2.14. The van der Waals surface area contributed by atoms with E-state index in [-0.39, 0.29) is 17.2 Å². The van der Waals surface area contributed by atoms with Gasteiger partial charge in [0.25, 0.3) is 5.91 Å². The molecule has 124 valence electrons. The molecule has 0 radical (unpaired) electrons. The van der Waals surface area contributed by atoms with Crippen molar-refractivity contribution >= 4 is 33.5 Å². The zero-order valence-electron chi connectivity index (χ0n) is 12.4. The van der Waals surface area contributed by atoms with Crippen molar-refractivity contribution in [2.24, 2.45) is 0 Å². The molecule has 1 saturated heterocycles. The van der Waals surface area contributed by atoms with Gasteiger partial charge in [-0.2, -0.15) is 0 Å². The van der Waals surface area contributed by atoms with Crippen LogP contribution in [0.4, 0.5) is 5.69 Å². The summed E-state index contributed by atoms with van der Waals surface area (Å²) >= 11 is 0. The monoisotopic (exact) mass is 340 g/mol. The molecule has 0 aromatic heterocycles. The number of hydrogen-bond donors (Lipinski definition) is 1. The highest BCUT2D eigenvalue weighted by atomic mass is 32.2. The average Bonchev–Trinajstić information content (AvgIpc) is 2.89. The minimum Gasteiger partial charge on any atom is -0.452 e. The first-order valence-electron chi connectivity index (χ1n) is 6.85. The number of carbonyl (C=O) groups excluding carboxylic acids is 3. The van der Waals surface area contributed by atoms with E-state index in [0.29, 0.717) is 19.4 Å². The number of amides is 2. The number of imide groups is 1. The van der Waals surface area contributed by atoms with Crippen molar-refractivity contribution in [1.82, 2.24) is 4.90 Å². The second kappa shape index (κ2) is 6.78. The minimum absolute atomic E-state index is 0.0153. The largest absolute Gasteiger partial charge is 0.452 e. The first-order chi connectivity index (χ1) is 10.8. The smallest absolute Gasteiger partial charge is 0.340 e. The highest BCUT2D eigenvalue weighted by molar-refractivity contribution is 7.92. The molecule has 0 saturated carbocycles. The van der Waals surface area contributed by atoms with Crippen LogP contribution in [0, 0.1) is 0 Å². The van der Waals surface area contributed by atoms with Crippen LogP contribution >= 0.6 is 0 Å². The van der Waals surface area contributed by atoms with Crippen molar-refractivity contribution in [3.8, 4) is 0 Å². The summed E-state index contributed by atoms with van der Waals surface area (Å²) in [5.41, 5.74) is 0.0446. The third-order valence-electron chi connectivity index (χ3n) is 3.14. The molecule has 1 aliphatic heterocycles. The second-order valence-corrected chi connectivity index (χ2v) is 6.79. The van der Waals surface area contributed by atoms with Crippen molar-refractivity contribution in [2.45, 2.75) is 12.8 Å². The van der Waals surface area contributed by atoms with Gasteiger partial charge in [-0.3, -0.25) is 19.2 Å². The molecular formula is C14H16N2O6S. The van der Waals surface area contributed by atoms with Gasteiger partial charge in [-0.05, 0) is 18.6 Å². The van der Waals surface area contributed by atoms with Crippen LogP contribution < -0.4 is 4.72 Å². The van der Waals surface area contributed by atoms with E-state index >= 15 is 0 Å². The number of nitrogens with zero attached hydrogens (tertiary/aromatic N) is 1. The molecule has 1 N–H and O–H groups in total. The maximum atomic E-state index is 12.0. The molecule has 2 rings (SSSR count). The summed E-state index contributed by atoms with van der Waals surface area (Å²) in [6.45, 7) is -0.251. The summed E-state index contributed by atoms with van der Waals surface area (Å²) in [4.78, 5) is 36.3. The average molecular weight is 340 g/mol. The third-order valence-corrected chi connectivity index (χ3v) is 3.73. The van der Waals surface area contributed by atoms with Crippen LogP contribution in [0.1, 0.15) is 23.2 Å². The quantitative estimate of drug-likeness (QED) is 0.775. The predicted molar refractivity (Wildman–Crippen MR) is 81.1 cm³/mol. The number of likely N-dealkylation sites (tertiary alicyclic amines) is 1. The Hall–Kier alpha value is -2.42. The van der Waals surface area contributed by atoms with Crippen molar-refractivity contribution in [2.75, 3.05) is 24.1 Å². The highest BCUT2D eigenvalue weighted by Gasteiger charge is 2.27. The first kappa shape index (κ1) is 16.9. The van der Waals surface area contributed by atoms with E-state index in [1.165, 1.54) is 18.2 Å². The van der Waals surface area contributed by atoms with Gasteiger partial charge < -0.3 is 4.74 Å². The lowest BCUT2D eigenvalue weighted by Crippen LogP contribution is -2.35. The molecule has 1 aromatic rings. The molecule has 1 aliphatic rings. The van der Waals surface area contributed by atoms with Crippen molar-refractivity contribution in [1.29, 1.82) is 0 Å². The molecule has 2 amide bonds. The van der Waals surface area contributed by atoms with E-state index in [4.69, 9.17) is 4.74 Å². The standard InChI is InChI=1S/C14H16N2O6S/c1-23(20,21)15-11-6-3-2-5-10(11)14(19)22-9-13(18)16-8-4-7-12(16)17/h2-3,5-6,15H,4,7-9H2,1H3. The molecule has 1 fully saturated rings. The summed E-state index contributed by atoms with van der Waals surface area (Å²) in [5.74, 6) is -1.73. The van der Waals surface area contributed by atoms with E-state index < -0.39 is 28.5 Å². The molecule has 9 heteroatoms. The van der Waals surface area contributed by atoms with Crippen molar-refractivity contribution < 1.29 is 27.5 Å². The third kappa shape index (κ3) is 4.52. The first-order valence-corrected chi connectivity index (χ1v) is 8.74. The number of sulfonamides is 1. The second-order valence-electron chi connectivity index (χ2n) is 5.04. The van der Waals surface area contributed by atoms with Gasteiger partial charge in [-0.1, -0.05) is 12.1 Å². The molecule has 0 spiro atoms. The van der Waals surface area contributed by atoms with Gasteiger partial charge in [0.1, 0.15) is 0 Å². The zero-order valence-corrected chi connectivity index (χ0v) is 13.3. The summed E-state index contributed by atoms with van der Waals surface area (Å²) in [5, 5.41) is 0. The molecule has 0 atom stereocenters. The fourth-order valence-corrected chi connectivity index (χ4v) is 2.72. The lowest BCUT2D eigenvalue weighted by molar-refractivity contribution is -0.143. The van der Waals surface area contributed by atoms with Gasteiger partial charge >= 0.3 is 5.97 Å². The number of esters is 1. The minimum atomic E-state index is -3.56. The Morgan fingerprint density at radius 1 is 1.30 bits per heavy atom. The van der Waals surface area contributed by atoms with E-state index in [1.807, 2.05) is 0 Å². The molecule has 0 bridgehead atoms.